The lowest BCUT2D eigenvalue weighted by atomic mass is 9.89. The third kappa shape index (κ3) is 7.76. The molecule has 0 spiro atoms. The van der Waals surface area contributed by atoms with Gasteiger partial charge in [-0.2, -0.15) is 0 Å². The van der Waals surface area contributed by atoms with Gasteiger partial charge in [0.15, 0.2) is 0 Å². The average Bonchev–Trinajstić information content (AvgIpc) is 2.89. The molecule has 0 amide bonds. The molecule has 4 rings (SSSR count). The van der Waals surface area contributed by atoms with Crippen LogP contribution in [0.4, 0.5) is 0 Å². The zero-order valence-electron chi connectivity index (χ0n) is 19.5. The molecule has 180 valence electrons. The summed E-state index contributed by atoms with van der Waals surface area (Å²) in [5.41, 5.74) is 3.33. The normalized spacial score (nSPS) is 22.5. The summed E-state index contributed by atoms with van der Waals surface area (Å²) in [5.74, 6) is 0. The molecule has 1 saturated carbocycles. The largest absolute Gasteiger partial charge is 0.388 e. The van der Waals surface area contributed by atoms with E-state index >= 15 is 0 Å². The summed E-state index contributed by atoms with van der Waals surface area (Å²) in [6, 6.07) is 30.2. The minimum Gasteiger partial charge on any atom is -0.388 e. The number of hydrogen-bond acceptors (Lipinski definition) is 5. The molecule has 0 heterocycles. The molecule has 3 aromatic rings. The first-order chi connectivity index (χ1) is 16.8. The molecule has 0 bridgehead atoms. The van der Waals surface area contributed by atoms with Crippen molar-refractivity contribution >= 4 is 0 Å². The second-order valence-corrected chi connectivity index (χ2v) is 8.66. The molecule has 1 aliphatic carbocycles. The van der Waals surface area contributed by atoms with Crippen LogP contribution in [0.5, 0.6) is 0 Å². The van der Waals surface area contributed by atoms with Crippen molar-refractivity contribution in [3.63, 3.8) is 0 Å². The van der Waals surface area contributed by atoms with Crippen molar-refractivity contribution in [1.29, 1.82) is 0 Å². The molecule has 0 aromatic heterocycles. The highest BCUT2D eigenvalue weighted by molar-refractivity contribution is 5.15. The van der Waals surface area contributed by atoms with Gasteiger partial charge in [0.1, 0.15) is 6.10 Å². The van der Waals surface area contributed by atoms with Gasteiger partial charge in [-0.05, 0) is 16.7 Å². The molecule has 0 radical (unpaired) electrons. The Balaban J connectivity index is 1.29. The maximum Gasteiger partial charge on any atom is 0.106 e. The molecule has 0 aliphatic heterocycles. The Morgan fingerprint density at radius 2 is 1.03 bits per heavy atom. The lowest BCUT2D eigenvalue weighted by molar-refractivity contribution is -0.175. The van der Waals surface area contributed by atoms with Crippen LogP contribution in [0.25, 0.3) is 0 Å². The fraction of sp³-hybridized carbons (Fsp3) is 0.379. The van der Waals surface area contributed by atoms with Crippen LogP contribution in [0.15, 0.2) is 91.0 Å². The van der Waals surface area contributed by atoms with Crippen molar-refractivity contribution in [2.75, 3.05) is 13.2 Å². The molecular weight excluding hydrogens is 428 g/mol. The summed E-state index contributed by atoms with van der Waals surface area (Å²) in [6.45, 7) is 2.39. The highest BCUT2D eigenvalue weighted by atomic mass is 16.6. The summed E-state index contributed by atoms with van der Waals surface area (Å²) in [4.78, 5) is 0. The predicted molar refractivity (Wildman–Crippen MR) is 131 cm³/mol. The van der Waals surface area contributed by atoms with Crippen molar-refractivity contribution in [2.24, 2.45) is 0 Å². The van der Waals surface area contributed by atoms with Gasteiger partial charge in [-0.25, -0.2) is 0 Å². The Hall–Kier alpha value is -2.54. The van der Waals surface area contributed by atoms with Gasteiger partial charge in [0.05, 0.1) is 51.3 Å². The van der Waals surface area contributed by atoms with E-state index in [9.17, 15) is 5.11 Å². The summed E-state index contributed by atoms with van der Waals surface area (Å²) in [7, 11) is 0. The third-order valence-corrected chi connectivity index (χ3v) is 6.06. The first-order valence-electron chi connectivity index (χ1n) is 12.0. The molecule has 5 heteroatoms. The van der Waals surface area contributed by atoms with Gasteiger partial charge in [0.2, 0.25) is 0 Å². The third-order valence-electron chi connectivity index (χ3n) is 6.06. The van der Waals surface area contributed by atoms with Crippen LogP contribution in [-0.4, -0.2) is 42.7 Å². The van der Waals surface area contributed by atoms with E-state index in [2.05, 4.69) is 12.1 Å². The number of ether oxygens (including phenoxy) is 4. The number of hydrogen-bond donors (Lipinski definition) is 1. The Bertz CT molecular complexity index is 935. The minimum atomic E-state index is -0.714. The van der Waals surface area contributed by atoms with E-state index < -0.39 is 6.10 Å². The van der Waals surface area contributed by atoms with Crippen molar-refractivity contribution in [2.45, 2.75) is 57.1 Å². The van der Waals surface area contributed by atoms with Crippen molar-refractivity contribution in [3.8, 4) is 0 Å². The Kier molecular flexibility index (Phi) is 9.67. The second kappa shape index (κ2) is 13.4. The first kappa shape index (κ1) is 24.6. The van der Waals surface area contributed by atoms with Crippen LogP contribution >= 0.6 is 0 Å². The fourth-order valence-electron chi connectivity index (χ4n) is 4.19. The molecule has 1 fully saturated rings. The van der Waals surface area contributed by atoms with E-state index in [4.69, 9.17) is 18.9 Å². The van der Waals surface area contributed by atoms with E-state index in [1.165, 1.54) is 0 Å². The Morgan fingerprint density at radius 3 is 1.59 bits per heavy atom. The van der Waals surface area contributed by atoms with Gasteiger partial charge in [-0.3, -0.25) is 0 Å². The van der Waals surface area contributed by atoms with E-state index in [0.717, 1.165) is 16.7 Å². The fourth-order valence-corrected chi connectivity index (χ4v) is 4.19. The minimum absolute atomic E-state index is 0.0559. The zero-order valence-corrected chi connectivity index (χ0v) is 19.5. The number of benzene rings is 3. The maximum atomic E-state index is 11.0. The van der Waals surface area contributed by atoms with Crippen LogP contribution in [0, 0.1) is 0 Å². The van der Waals surface area contributed by atoms with Crippen molar-refractivity contribution < 1.29 is 24.1 Å². The molecule has 1 N–H and O–H groups in total. The summed E-state index contributed by atoms with van der Waals surface area (Å²) in [5, 5.41) is 11.0. The SMILES string of the molecule is O[C@H]1[C@H](OCCOCc2ccccc2)C[C@H](OCc2ccccc2)C[C@H]1OCc1ccccc1. The summed E-state index contributed by atoms with van der Waals surface area (Å²) < 4.78 is 24.2. The van der Waals surface area contributed by atoms with Gasteiger partial charge >= 0.3 is 0 Å². The maximum absolute atomic E-state index is 11.0. The lowest BCUT2D eigenvalue weighted by Gasteiger charge is -2.38. The second-order valence-electron chi connectivity index (χ2n) is 8.66. The smallest absolute Gasteiger partial charge is 0.106 e. The lowest BCUT2D eigenvalue weighted by Crippen LogP contribution is -2.49. The highest BCUT2D eigenvalue weighted by Gasteiger charge is 2.38. The van der Waals surface area contributed by atoms with Crippen LogP contribution in [0.1, 0.15) is 29.5 Å². The molecule has 1 aliphatic rings. The topological polar surface area (TPSA) is 57.2 Å². The molecule has 0 saturated heterocycles. The van der Waals surface area contributed by atoms with E-state index in [1.54, 1.807) is 0 Å². The predicted octanol–water partition coefficient (Wildman–Crippen LogP) is 4.91. The van der Waals surface area contributed by atoms with Crippen LogP contribution in [0.3, 0.4) is 0 Å². The molecular formula is C29H34O5. The van der Waals surface area contributed by atoms with E-state index in [-0.39, 0.29) is 18.3 Å². The quantitative estimate of drug-likeness (QED) is 0.388. The van der Waals surface area contributed by atoms with Gasteiger partial charge in [0.25, 0.3) is 0 Å². The highest BCUT2D eigenvalue weighted by Crippen LogP contribution is 2.28. The summed E-state index contributed by atoms with van der Waals surface area (Å²) >= 11 is 0. The average molecular weight is 463 g/mol. The van der Waals surface area contributed by atoms with Gasteiger partial charge in [0, 0.05) is 12.8 Å². The Morgan fingerprint density at radius 1 is 0.559 bits per heavy atom. The zero-order chi connectivity index (χ0) is 23.4. The van der Waals surface area contributed by atoms with Crippen molar-refractivity contribution in [3.05, 3.63) is 108 Å². The molecule has 3 aromatic carbocycles. The monoisotopic (exact) mass is 462 g/mol. The van der Waals surface area contributed by atoms with E-state index in [0.29, 0.717) is 45.9 Å². The van der Waals surface area contributed by atoms with E-state index in [1.807, 2.05) is 78.9 Å². The number of aliphatic hydroxyl groups excluding tert-OH is 1. The van der Waals surface area contributed by atoms with Gasteiger partial charge < -0.3 is 24.1 Å². The standard InChI is InChI=1S/C29H34O5/c30-29-27(32-17-16-31-20-23-10-4-1-5-11-23)18-26(33-21-24-12-6-2-7-13-24)19-28(29)34-22-25-14-8-3-9-15-25/h1-15,26-30H,16-22H2/t26-,27+,28+,29-/m0/s1. The van der Waals surface area contributed by atoms with Crippen LogP contribution < -0.4 is 0 Å². The van der Waals surface area contributed by atoms with Crippen LogP contribution in [0.2, 0.25) is 0 Å². The number of aliphatic hydroxyl groups is 1. The molecule has 4 atom stereocenters. The summed E-state index contributed by atoms with van der Waals surface area (Å²) in [6.07, 6.45) is -0.238. The van der Waals surface area contributed by atoms with Gasteiger partial charge in [-0.15, -0.1) is 0 Å². The number of rotatable bonds is 12. The molecule has 0 unspecified atom stereocenters. The van der Waals surface area contributed by atoms with Crippen LogP contribution in [-0.2, 0) is 38.8 Å². The molecule has 5 nitrogen and oxygen atoms in total. The van der Waals surface area contributed by atoms with Gasteiger partial charge in [-0.1, -0.05) is 91.0 Å². The first-order valence-corrected chi connectivity index (χ1v) is 12.0. The Labute approximate surface area is 202 Å². The molecule has 34 heavy (non-hydrogen) atoms. The van der Waals surface area contributed by atoms with Crippen molar-refractivity contribution in [1.82, 2.24) is 0 Å².